The number of hydrogen-bond acceptors (Lipinski definition) is 2. The second kappa shape index (κ2) is 8.79. The van der Waals surface area contributed by atoms with Crippen LogP contribution in [0.2, 0.25) is 0 Å². The number of benzene rings is 3. The van der Waals surface area contributed by atoms with Gasteiger partial charge in [0.2, 0.25) is 0 Å². The van der Waals surface area contributed by atoms with Crippen molar-refractivity contribution in [2.24, 2.45) is 0 Å². The minimum Gasteiger partial charge on any atom is -0.320 e. The predicted octanol–water partition coefficient (Wildman–Crippen LogP) is 4.49. The van der Waals surface area contributed by atoms with Crippen LogP contribution in [0.15, 0.2) is 84.9 Å². The normalized spacial score (nSPS) is 11.5. The molecule has 0 fully saturated rings. The van der Waals surface area contributed by atoms with Crippen molar-refractivity contribution in [2.75, 3.05) is 20.1 Å². The number of hydrogen-bond donors (Lipinski definition) is 2. The second-order valence-electron chi connectivity index (χ2n) is 6.73. The predicted molar refractivity (Wildman–Crippen MR) is 110 cm³/mol. The zero-order valence-electron chi connectivity index (χ0n) is 15.7. The van der Waals surface area contributed by atoms with E-state index in [9.17, 15) is 0 Å². The first-order valence-electron chi connectivity index (χ1n) is 9.35. The van der Waals surface area contributed by atoms with Crippen molar-refractivity contribution in [3.05, 3.63) is 107 Å². The lowest BCUT2D eigenvalue weighted by Gasteiger charge is -2.37. The Morgan fingerprint density at radius 1 is 0.654 bits per heavy atom. The van der Waals surface area contributed by atoms with Crippen molar-refractivity contribution in [1.82, 2.24) is 10.6 Å². The van der Waals surface area contributed by atoms with Gasteiger partial charge >= 0.3 is 0 Å². The van der Waals surface area contributed by atoms with Gasteiger partial charge in [0.15, 0.2) is 0 Å². The van der Waals surface area contributed by atoms with Gasteiger partial charge in [0.05, 0.1) is 5.54 Å². The zero-order valence-corrected chi connectivity index (χ0v) is 15.7. The molecule has 0 heterocycles. The molecule has 26 heavy (non-hydrogen) atoms. The molecule has 0 saturated carbocycles. The van der Waals surface area contributed by atoms with Crippen molar-refractivity contribution < 1.29 is 0 Å². The molecule has 3 aromatic carbocycles. The van der Waals surface area contributed by atoms with E-state index >= 15 is 0 Å². The van der Waals surface area contributed by atoms with Crippen LogP contribution >= 0.6 is 0 Å². The van der Waals surface area contributed by atoms with Gasteiger partial charge in [-0.3, -0.25) is 5.32 Å². The largest absolute Gasteiger partial charge is 0.320 e. The summed E-state index contributed by atoms with van der Waals surface area (Å²) in [6.45, 7) is 4.07. The molecule has 0 aromatic heterocycles. The molecule has 0 atom stereocenters. The third-order valence-electron chi connectivity index (χ3n) is 4.89. The Hall–Kier alpha value is -2.42. The highest BCUT2D eigenvalue weighted by Gasteiger charge is 2.35. The minimum absolute atomic E-state index is 0.357. The Morgan fingerprint density at radius 3 is 1.65 bits per heavy atom. The molecule has 0 amide bonds. The van der Waals surface area contributed by atoms with Gasteiger partial charge in [0, 0.05) is 0 Å². The summed E-state index contributed by atoms with van der Waals surface area (Å²) >= 11 is 0. The summed E-state index contributed by atoms with van der Waals surface area (Å²) in [5, 5.41) is 7.14. The maximum Gasteiger partial charge on any atom is 0.0947 e. The van der Waals surface area contributed by atoms with E-state index in [-0.39, 0.29) is 5.54 Å². The molecule has 2 heteroatoms. The van der Waals surface area contributed by atoms with Gasteiger partial charge in [-0.2, -0.15) is 0 Å². The molecule has 2 nitrogen and oxygen atoms in total. The smallest absolute Gasteiger partial charge is 0.0947 e. The lowest BCUT2D eigenvalue weighted by Crippen LogP contribution is -2.45. The van der Waals surface area contributed by atoms with Gasteiger partial charge < -0.3 is 5.32 Å². The molecule has 0 aliphatic heterocycles. The summed E-state index contributed by atoms with van der Waals surface area (Å²) in [5.41, 5.74) is 4.71. The van der Waals surface area contributed by atoms with E-state index in [2.05, 4.69) is 102 Å². The van der Waals surface area contributed by atoms with Crippen LogP contribution in [0, 0.1) is 6.92 Å². The van der Waals surface area contributed by atoms with E-state index in [1.165, 1.54) is 22.3 Å². The van der Waals surface area contributed by atoms with Crippen LogP contribution in [0.1, 0.15) is 28.7 Å². The highest BCUT2D eigenvalue weighted by atomic mass is 15.0. The third kappa shape index (κ3) is 3.87. The molecule has 0 spiro atoms. The first-order chi connectivity index (χ1) is 12.8. The van der Waals surface area contributed by atoms with Crippen LogP contribution in [-0.4, -0.2) is 20.1 Å². The van der Waals surface area contributed by atoms with Crippen molar-refractivity contribution in [3.63, 3.8) is 0 Å². The Bertz CT molecular complexity index is 740. The fourth-order valence-corrected chi connectivity index (χ4v) is 3.53. The maximum absolute atomic E-state index is 3.90. The Balaban J connectivity index is 2.15. The summed E-state index contributed by atoms with van der Waals surface area (Å²) in [4.78, 5) is 0. The molecule has 0 saturated heterocycles. The van der Waals surface area contributed by atoms with Crippen molar-refractivity contribution >= 4 is 0 Å². The first kappa shape index (κ1) is 18.4. The lowest BCUT2D eigenvalue weighted by molar-refractivity contribution is 0.463. The number of aryl methyl sites for hydroxylation is 1. The highest BCUT2D eigenvalue weighted by Crippen LogP contribution is 2.36. The van der Waals surface area contributed by atoms with E-state index in [4.69, 9.17) is 0 Å². The summed E-state index contributed by atoms with van der Waals surface area (Å²) in [5.74, 6) is 0. The van der Waals surface area contributed by atoms with Crippen LogP contribution < -0.4 is 10.6 Å². The van der Waals surface area contributed by atoms with E-state index in [1.54, 1.807) is 0 Å². The van der Waals surface area contributed by atoms with Gasteiger partial charge in [-0.15, -0.1) is 0 Å². The number of rotatable bonds is 8. The van der Waals surface area contributed by atoms with Crippen molar-refractivity contribution in [2.45, 2.75) is 18.9 Å². The Labute approximate surface area is 157 Å². The number of nitrogens with one attached hydrogen (secondary N) is 2. The molecule has 0 bridgehead atoms. The molecular formula is C24H28N2. The lowest BCUT2D eigenvalue weighted by atomic mass is 9.76. The zero-order chi connectivity index (χ0) is 18.2. The highest BCUT2D eigenvalue weighted by molar-refractivity contribution is 5.49. The quantitative estimate of drug-likeness (QED) is 0.465. The van der Waals surface area contributed by atoms with Gasteiger partial charge in [0.25, 0.3) is 0 Å². The summed E-state index contributed by atoms with van der Waals surface area (Å²) in [6, 6.07) is 30.4. The van der Waals surface area contributed by atoms with Crippen LogP contribution in [0.5, 0.6) is 0 Å². The molecule has 0 aliphatic rings. The fraction of sp³-hybridized carbons (Fsp3) is 0.250. The SMILES string of the molecule is CNCCCNC(c1ccccc1)(c1ccccc1)c1ccc(C)cc1. The summed E-state index contributed by atoms with van der Waals surface area (Å²) in [7, 11) is 2.00. The molecule has 0 aliphatic carbocycles. The second-order valence-corrected chi connectivity index (χ2v) is 6.73. The van der Waals surface area contributed by atoms with Crippen LogP contribution in [0.4, 0.5) is 0 Å². The van der Waals surface area contributed by atoms with Crippen LogP contribution in [0.3, 0.4) is 0 Å². The molecule has 3 aromatic rings. The Morgan fingerprint density at radius 2 is 1.15 bits per heavy atom. The Kier molecular flexibility index (Phi) is 6.21. The summed E-state index contributed by atoms with van der Waals surface area (Å²) < 4.78 is 0. The van der Waals surface area contributed by atoms with E-state index < -0.39 is 0 Å². The topological polar surface area (TPSA) is 24.1 Å². The average molecular weight is 345 g/mol. The molecule has 0 unspecified atom stereocenters. The summed E-state index contributed by atoms with van der Waals surface area (Å²) in [6.07, 6.45) is 1.07. The van der Waals surface area contributed by atoms with Gasteiger partial charge in [-0.25, -0.2) is 0 Å². The first-order valence-corrected chi connectivity index (χ1v) is 9.35. The third-order valence-corrected chi connectivity index (χ3v) is 4.89. The van der Waals surface area contributed by atoms with Crippen molar-refractivity contribution in [3.8, 4) is 0 Å². The average Bonchev–Trinajstić information content (AvgIpc) is 2.71. The molecule has 2 N–H and O–H groups in total. The monoisotopic (exact) mass is 344 g/mol. The van der Waals surface area contributed by atoms with Gasteiger partial charge in [-0.05, 0) is 50.2 Å². The van der Waals surface area contributed by atoms with Gasteiger partial charge in [0.1, 0.15) is 0 Å². The van der Waals surface area contributed by atoms with E-state index in [0.717, 1.165) is 19.5 Å². The van der Waals surface area contributed by atoms with Gasteiger partial charge in [-0.1, -0.05) is 90.5 Å². The minimum atomic E-state index is -0.357. The van der Waals surface area contributed by atoms with E-state index in [1.807, 2.05) is 7.05 Å². The molecule has 134 valence electrons. The van der Waals surface area contributed by atoms with Crippen molar-refractivity contribution in [1.29, 1.82) is 0 Å². The maximum atomic E-state index is 3.90. The molecule has 0 radical (unpaired) electrons. The fourth-order valence-electron chi connectivity index (χ4n) is 3.53. The molecule has 3 rings (SSSR count). The molecular weight excluding hydrogens is 316 g/mol. The standard InChI is InChI=1S/C24H28N2/c1-20-14-16-23(17-15-20)24(26-19-9-18-25-2,21-10-5-3-6-11-21)22-12-7-4-8-13-22/h3-8,10-17,25-26H,9,18-19H2,1-2H3. The van der Waals surface area contributed by atoms with Crippen LogP contribution in [0.25, 0.3) is 0 Å². The van der Waals surface area contributed by atoms with E-state index in [0.29, 0.717) is 0 Å². The van der Waals surface area contributed by atoms with Crippen LogP contribution in [-0.2, 0) is 5.54 Å².